The summed E-state index contributed by atoms with van der Waals surface area (Å²) in [5.41, 5.74) is 0.839. The lowest BCUT2D eigenvalue weighted by molar-refractivity contribution is -0.414. The molecule has 0 aliphatic carbocycles. The fourth-order valence-corrected chi connectivity index (χ4v) is 2.75. The molecular formula is C17H17ClN4O3. The van der Waals surface area contributed by atoms with Crippen LogP contribution in [0.25, 0.3) is 6.08 Å². The first-order valence-corrected chi connectivity index (χ1v) is 8.23. The van der Waals surface area contributed by atoms with Crippen LogP contribution >= 0.6 is 11.6 Å². The number of aliphatic imine (C=N–C) groups is 1. The molecule has 0 unspecified atom stereocenters. The van der Waals surface area contributed by atoms with Crippen molar-refractivity contribution in [2.45, 2.75) is 19.9 Å². The Hall–Kier alpha value is -2.67. The number of pyridine rings is 1. The van der Waals surface area contributed by atoms with Crippen LogP contribution in [0.4, 0.5) is 0 Å². The third kappa shape index (κ3) is 4.24. The minimum atomic E-state index is -0.422. The number of nitrogens with zero attached hydrogens (tertiary/aromatic N) is 4. The molecule has 0 N–H and O–H groups in total. The number of furan rings is 1. The maximum Gasteiger partial charge on any atom is 0.314 e. The van der Waals surface area contributed by atoms with Gasteiger partial charge in [0.2, 0.25) is 5.84 Å². The molecule has 3 heterocycles. The van der Waals surface area contributed by atoms with Gasteiger partial charge in [-0.25, -0.2) is 4.98 Å². The number of halogens is 1. The highest BCUT2D eigenvalue weighted by molar-refractivity contribution is 6.29. The Bertz CT molecular complexity index is 827. The van der Waals surface area contributed by atoms with E-state index in [9.17, 15) is 10.1 Å². The van der Waals surface area contributed by atoms with Crippen molar-refractivity contribution in [3.8, 4) is 0 Å². The quantitative estimate of drug-likeness (QED) is 0.462. The zero-order valence-electron chi connectivity index (χ0n) is 13.7. The average Bonchev–Trinajstić information content (AvgIpc) is 3.00. The van der Waals surface area contributed by atoms with Crippen LogP contribution in [0.5, 0.6) is 0 Å². The fourth-order valence-electron chi connectivity index (χ4n) is 2.63. The molecule has 25 heavy (non-hydrogen) atoms. The van der Waals surface area contributed by atoms with Gasteiger partial charge < -0.3 is 9.32 Å². The normalized spacial score (nSPS) is 15.2. The van der Waals surface area contributed by atoms with Gasteiger partial charge in [0.15, 0.2) is 0 Å². The number of rotatable bonds is 5. The number of amidine groups is 1. The fraction of sp³-hybridized carbons (Fsp3) is 0.294. The monoisotopic (exact) mass is 360 g/mol. The summed E-state index contributed by atoms with van der Waals surface area (Å²) < 4.78 is 5.44. The first-order valence-electron chi connectivity index (χ1n) is 7.85. The van der Waals surface area contributed by atoms with Crippen molar-refractivity contribution in [2.75, 3.05) is 13.1 Å². The highest BCUT2D eigenvalue weighted by Gasteiger charge is 2.28. The van der Waals surface area contributed by atoms with Crippen molar-refractivity contribution >= 4 is 23.5 Å². The third-order valence-electron chi connectivity index (χ3n) is 3.78. The van der Waals surface area contributed by atoms with E-state index in [0.717, 1.165) is 12.0 Å². The molecule has 0 atom stereocenters. The number of hydrogen-bond acceptors (Lipinski definition) is 6. The number of aromatic nitrogens is 1. The van der Waals surface area contributed by atoms with Gasteiger partial charge in [0.25, 0.3) is 0 Å². The van der Waals surface area contributed by atoms with E-state index in [1.165, 1.54) is 6.08 Å². The molecule has 0 saturated heterocycles. The molecule has 0 aromatic carbocycles. The van der Waals surface area contributed by atoms with Gasteiger partial charge >= 0.3 is 5.70 Å². The van der Waals surface area contributed by atoms with Gasteiger partial charge in [-0.15, -0.1) is 0 Å². The first kappa shape index (κ1) is 17.2. The molecule has 0 saturated carbocycles. The average molecular weight is 361 g/mol. The number of hydrogen-bond donors (Lipinski definition) is 0. The molecule has 0 spiro atoms. The highest BCUT2D eigenvalue weighted by atomic mass is 35.5. The van der Waals surface area contributed by atoms with Crippen molar-refractivity contribution < 1.29 is 9.34 Å². The summed E-state index contributed by atoms with van der Waals surface area (Å²) >= 11 is 5.81. The highest BCUT2D eigenvalue weighted by Crippen LogP contribution is 2.19. The van der Waals surface area contributed by atoms with Crippen LogP contribution in [0.1, 0.15) is 23.5 Å². The van der Waals surface area contributed by atoms with Crippen molar-refractivity contribution in [2.24, 2.45) is 4.99 Å². The molecule has 0 amide bonds. The molecule has 0 fully saturated rings. The summed E-state index contributed by atoms with van der Waals surface area (Å²) in [7, 11) is 0. The molecule has 7 nitrogen and oxygen atoms in total. The van der Waals surface area contributed by atoms with Gasteiger partial charge in [-0.3, -0.25) is 15.1 Å². The second-order valence-electron chi connectivity index (χ2n) is 5.70. The van der Waals surface area contributed by atoms with E-state index < -0.39 is 4.92 Å². The van der Waals surface area contributed by atoms with Gasteiger partial charge in [-0.1, -0.05) is 17.7 Å². The standard InChI is InChI=1S/C17H17ClN4O3/c1-12-3-5-14(25-12)9-15(22(23)24)17-19-7-2-8-21(17)11-13-4-6-16(18)20-10-13/h3-6,9-10H,2,7-8,11H2,1H3/b15-9-. The molecule has 3 rings (SSSR count). The van der Waals surface area contributed by atoms with E-state index in [4.69, 9.17) is 16.0 Å². The molecule has 2 aromatic rings. The van der Waals surface area contributed by atoms with E-state index in [1.54, 1.807) is 31.3 Å². The second-order valence-corrected chi connectivity index (χ2v) is 6.09. The second kappa shape index (κ2) is 7.48. The lowest BCUT2D eigenvalue weighted by atomic mass is 10.2. The first-order chi connectivity index (χ1) is 12.0. The lowest BCUT2D eigenvalue weighted by Gasteiger charge is -2.27. The summed E-state index contributed by atoms with van der Waals surface area (Å²) in [6, 6.07) is 7.03. The van der Waals surface area contributed by atoms with Crippen molar-refractivity contribution in [1.82, 2.24) is 9.88 Å². The Morgan fingerprint density at radius 3 is 2.92 bits per heavy atom. The summed E-state index contributed by atoms with van der Waals surface area (Å²) in [6.45, 7) is 3.52. The minimum absolute atomic E-state index is 0.0732. The predicted molar refractivity (Wildman–Crippen MR) is 95.0 cm³/mol. The number of nitro groups is 1. The van der Waals surface area contributed by atoms with E-state index >= 15 is 0 Å². The van der Waals surface area contributed by atoms with Gasteiger partial charge in [0.1, 0.15) is 16.7 Å². The Kier molecular flexibility index (Phi) is 5.14. The third-order valence-corrected chi connectivity index (χ3v) is 4.00. The van der Waals surface area contributed by atoms with Crippen LogP contribution in [0.3, 0.4) is 0 Å². The lowest BCUT2D eigenvalue weighted by Crippen LogP contribution is -2.38. The van der Waals surface area contributed by atoms with E-state index in [-0.39, 0.29) is 5.70 Å². The van der Waals surface area contributed by atoms with E-state index in [1.807, 2.05) is 11.0 Å². The van der Waals surface area contributed by atoms with Gasteiger partial charge in [0, 0.05) is 25.8 Å². The minimum Gasteiger partial charge on any atom is -0.462 e. The molecule has 1 aliphatic heterocycles. The molecule has 8 heteroatoms. The Morgan fingerprint density at radius 2 is 2.28 bits per heavy atom. The molecule has 0 radical (unpaired) electrons. The topological polar surface area (TPSA) is 84.8 Å². The molecule has 2 aromatic heterocycles. The largest absolute Gasteiger partial charge is 0.462 e. The summed E-state index contributed by atoms with van der Waals surface area (Å²) in [5.74, 6) is 1.49. The van der Waals surface area contributed by atoms with Crippen molar-refractivity contribution in [3.63, 3.8) is 0 Å². The molecule has 0 bridgehead atoms. The maximum atomic E-state index is 11.6. The smallest absolute Gasteiger partial charge is 0.314 e. The van der Waals surface area contributed by atoms with Crippen LogP contribution in [0.2, 0.25) is 5.15 Å². The molecule has 1 aliphatic rings. The number of aryl methyl sites for hydroxylation is 1. The van der Waals surface area contributed by atoms with Crippen LogP contribution in [0.15, 0.2) is 45.6 Å². The van der Waals surface area contributed by atoms with Crippen LogP contribution in [-0.4, -0.2) is 33.7 Å². The van der Waals surface area contributed by atoms with Gasteiger partial charge in [0.05, 0.1) is 11.0 Å². The molecule has 130 valence electrons. The predicted octanol–water partition coefficient (Wildman–Crippen LogP) is 3.56. The summed E-state index contributed by atoms with van der Waals surface area (Å²) in [5, 5.41) is 12.0. The zero-order chi connectivity index (χ0) is 17.8. The Morgan fingerprint density at radius 1 is 1.44 bits per heavy atom. The molecular weight excluding hydrogens is 344 g/mol. The zero-order valence-corrected chi connectivity index (χ0v) is 14.4. The Labute approximate surface area is 149 Å². The van der Waals surface area contributed by atoms with Crippen LogP contribution in [0, 0.1) is 17.0 Å². The Balaban J connectivity index is 1.89. The summed E-state index contributed by atoms with van der Waals surface area (Å²) in [6.07, 6.45) is 3.93. The van der Waals surface area contributed by atoms with Gasteiger partial charge in [-0.05, 0) is 37.1 Å². The summed E-state index contributed by atoms with van der Waals surface area (Å²) in [4.78, 5) is 21.5. The van der Waals surface area contributed by atoms with Crippen molar-refractivity contribution in [1.29, 1.82) is 0 Å². The van der Waals surface area contributed by atoms with Crippen LogP contribution < -0.4 is 0 Å². The SMILES string of the molecule is Cc1ccc(/C=C(/C2=NCCCN2Cc2ccc(Cl)nc2)[N+](=O)[O-])o1. The van der Waals surface area contributed by atoms with Crippen LogP contribution in [-0.2, 0) is 6.54 Å². The van der Waals surface area contributed by atoms with E-state index in [2.05, 4.69) is 9.98 Å². The van der Waals surface area contributed by atoms with Gasteiger partial charge in [-0.2, -0.15) is 0 Å². The van der Waals surface area contributed by atoms with E-state index in [0.29, 0.717) is 42.1 Å². The maximum absolute atomic E-state index is 11.6. The van der Waals surface area contributed by atoms with Crippen molar-refractivity contribution in [3.05, 3.63) is 68.5 Å².